The van der Waals surface area contributed by atoms with Crippen LogP contribution in [0.1, 0.15) is 13.8 Å². The van der Waals surface area contributed by atoms with Crippen LogP contribution < -0.4 is 5.73 Å². The van der Waals surface area contributed by atoms with E-state index in [1.54, 1.807) is 6.92 Å². The molecule has 0 aliphatic rings. The van der Waals surface area contributed by atoms with E-state index in [4.69, 9.17) is 11.0 Å². The molecule has 0 saturated heterocycles. The molecule has 0 saturated carbocycles. The number of hydrogen-bond acceptors (Lipinski definition) is 4. The molecule has 1 aromatic rings. The zero-order valence-corrected chi connectivity index (χ0v) is 11.9. The van der Waals surface area contributed by atoms with E-state index < -0.39 is 32.5 Å². The standard InChI is InChI=1S/C12H15F2N3O2S/c1-3-17(7-8(2)6-15)20(18,19)11-5-9(16)4-10(13)12(11)14/h4-5,8H,3,7,16H2,1-2H3. The SMILES string of the molecule is CCN(CC(C)C#N)S(=O)(=O)c1cc(N)cc(F)c1F. The smallest absolute Gasteiger partial charge is 0.246 e. The van der Waals surface area contributed by atoms with E-state index >= 15 is 0 Å². The van der Waals surface area contributed by atoms with Gasteiger partial charge in [0.05, 0.1) is 12.0 Å². The van der Waals surface area contributed by atoms with Crippen molar-refractivity contribution in [3.8, 4) is 6.07 Å². The van der Waals surface area contributed by atoms with Crippen molar-refractivity contribution in [3.05, 3.63) is 23.8 Å². The van der Waals surface area contributed by atoms with Gasteiger partial charge in [-0.15, -0.1) is 0 Å². The van der Waals surface area contributed by atoms with E-state index in [0.717, 1.165) is 10.4 Å². The minimum Gasteiger partial charge on any atom is -0.399 e. The first-order chi connectivity index (χ1) is 9.23. The lowest BCUT2D eigenvalue weighted by Crippen LogP contribution is -2.35. The Bertz CT molecular complexity index is 641. The zero-order chi connectivity index (χ0) is 15.5. The molecule has 0 radical (unpaired) electrons. The van der Waals surface area contributed by atoms with Gasteiger partial charge in [0.1, 0.15) is 4.90 Å². The summed E-state index contributed by atoms with van der Waals surface area (Å²) in [7, 11) is -4.24. The highest BCUT2D eigenvalue weighted by atomic mass is 32.2. The lowest BCUT2D eigenvalue weighted by molar-refractivity contribution is 0.394. The number of nitrogens with zero attached hydrogens (tertiary/aromatic N) is 2. The van der Waals surface area contributed by atoms with Gasteiger partial charge in [-0.3, -0.25) is 0 Å². The number of nitrogens with two attached hydrogens (primary N) is 1. The number of hydrogen-bond donors (Lipinski definition) is 1. The molecule has 0 heterocycles. The second kappa shape index (κ2) is 6.15. The zero-order valence-electron chi connectivity index (χ0n) is 11.1. The van der Waals surface area contributed by atoms with Gasteiger partial charge in [0.15, 0.2) is 11.6 Å². The Morgan fingerprint density at radius 2 is 2.05 bits per heavy atom. The second-order valence-corrected chi connectivity index (χ2v) is 6.21. The third-order valence-corrected chi connectivity index (χ3v) is 4.63. The van der Waals surface area contributed by atoms with E-state index in [2.05, 4.69) is 0 Å². The van der Waals surface area contributed by atoms with Gasteiger partial charge in [-0.2, -0.15) is 9.57 Å². The van der Waals surface area contributed by atoms with Crippen LogP contribution in [0.3, 0.4) is 0 Å². The van der Waals surface area contributed by atoms with Gasteiger partial charge in [0.2, 0.25) is 10.0 Å². The number of sulfonamides is 1. The van der Waals surface area contributed by atoms with E-state index in [1.807, 2.05) is 6.07 Å². The molecule has 0 aromatic heterocycles. The summed E-state index contributed by atoms with van der Waals surface area (Å²) in [6.07, 6.45) is 0. The average molecular weight is 303 g/mol. The van der Waals surface area contributed by atoms with Gasteiger partial charge in [-0.25, -0.2) is 17.2 Å². The van der Waals surface area contributed by atoms with Crippen LogP contribution in [0.4, 0.5) is 14.5 Å². The molecular formula is C12H15F2N3O2S. The molecule has 8 heteroatoms. The van der Waals surface area contributed by atoms with Gasteiger partial charge in [0.25, 0.3) is 0 Å². The normalized spacial score (nSPS) is 13.2. The van der Waals surface area contributed by atoms with Gasteiger partial charge in [0, 0.05) is 18.8 Å². The van der Waals surface area contributed by atoms with E-state index in [1.165, 1.54) is 6.92 Å². The third-order valence-electron chi connectivity index (χ3n) is 2.69. The van der Waals surface area contributed by atoms with Crippen molar-refractivity contribution in [1.82, 2.24) is 4.31 Å². The molecule has 1 aromatic carbocycles. The Morgan fingerprint density at radius 1 is 1.45 bits per heavy atom. The summed E-state index contributed by atoms with van der Waals surface area (Å²) in [5.41, 5.74) is 5.16. The summed E-state index contributed by atoms with van der Waals surface area (Å²) in [6, 6.07) is 3.47. The van der Waals surface area contributed by atoms with Gasteiger partial charge in [-0.1, -0.05) is 6.92 Å². The monoisotopic (exact) mass is 303 g/mol. The minimum atomic E-state index is -4.24. The molecule has 0 aliphatic carbocycles. The van der Waals surface area contributed by atoms with Gasteiger partial charge >= 0.3 is 0 Å². The number of anilines is 1. The van der Waals surface area contributed by atoms with Crippen molar-refractivity contribution < 1.29 is 17.2 Å². The van der Waals surface area contributed by atoms with Crippen molar-refractivity contribution >= 4 is 15.7 Å². The van der Waals surface area contributed by atoms with Crippen LogP contribution in [0.2, 0.25) is 0 Å². The molecular weight excluding hydrogens is 288 g/mol. The summed E-state index contributed by atoms with van der Waals surface area (Å²) in [5, 5.41) is 8.73. The van der Waals surface area contributed by atoms with Crippen LogP contribution in [-0.2, 0) is 10.0 Å². The fourth-order valence-electron chi connectivity index (χ4n) is 1.65. The molecule has 0 fully saturated rings. The predicted molar refractivity (Wildman–Crippen MR) is 70.0 cm³/mol. The fourth-order valence-corrected chi connectivity index (χ4v) is 3.30. The van der Waals surface area contributed by atoms with E-state index in [-0.39, 0.29) is 18.8 Å². The summed E-state index contributed by atoms with van der Waals surface area (Å²) in [5.74, 6) is -3.37. The highest BCUT2D eigenvalue weighted by Gasteiger charge is 2.29. The lowest BCUT2D eigenvalue weighted by atomic mass is 10.2. The maximum absolute atomic E-state index is 13.7. The van der Waals surface area contributed by atoms with E-state index in [9.17, 15) is 17.2 Å². The molecule has 1 unspecified atom stereocenters. The number of benzene rings is 1. The molecule has 0 spiro atoms. The second-order valence-electron chi connectivity index (χ2n) is 4.30. The quantitative estimate of drug-likeness (QED) is 0.839. The number of halogens is 2. The van der Waals surface area contributed by atoms with Crippen molar-refractivity contribution in [3.63, 3.8) is 0 Å². The third kappa shape index (κ3) is 3.23. The highest BCUT2D eigenvalue weighted by Crippen LogP contribution is 2.24. The van der Waals surface area contributed by atoms with Crippen LogP contribution in [0.25, 0.3) is 0 Å². The highest BCUT2D eigenvalue weighted by molar-refractivity contribution is 7.89. The summed E-state index contributed by atoms with van der Waals surface area (Å²) < 4.78 is 52.5. The number of nitrogen functional groups attached to an aromatic ring is 1. The Hall–Kier alpha value is -1.72. The molecule has 20 heavy (non-hydrogen) atoms. The summed E-state index contributed by atoms with van der Waals surface area (Å²) in [6.45, 7) is 3.01. The average Bonchev–Trinajstić information content (AvgIpc) is 2.39. The maximum Gasteiger partial charge on any atom is 0.246 e. The first kappa shape index (κ1) is 16.3. The first-order valence-electron chi connectivity index (χ1n) is 5.88. The Kier molecular flexibility index (Phi) is 5.03. The predicted octanol–water partition coefficient (Wildman–Crippen LogP) is 1.72. The van der Waals surface area contributed by atoms with Gasteiger partial charge < -0.3 is 5.73 Å². The fraction of sp³-hybridized carbons (Fsp3) is 0.417. The van der Waals surface area contributed by atoms with Crippen molar-refractivity contribution in [2.24, 2.45) is 5.92 Å². The van der Waals surface area contributed by atoms with Crippen molar-refractivity contribution in [2.75, 3.05) is 18.8 Å². The Morgan fingerprint density at radius 3 is 2.55 bits per heavy atom. The lowest BCUT2D eigenvalue weighted by Gasteiger charge is -2.22. The van der Waals surface area contributed by atoms with Crippen LogP contribution in [-0.4, -0.2) is 25.8 Å². The van der Waals surface area contributed by atoms with E-state index in [0.29, 0.717) is 6.07 Å². The molecule has 0 bridgehead atoms. The molecule has 110 valence electrons. The molecule has 5 nitrogen and oxygen atoms in total. The molecule has 0 amide bonds. The molecule has 0 aliphatic heterocycles. The number of nitriles is 1. The Labute approximate surface area is 116 Å². The minimum absolute atomic E-state index is 0.0320. The Balaban J connectivity index is 3.32. The van der Waals surface area contributed by atoms with Crippen molar-refractivity contribution in [2.45, 2.75) is 18.7 Å². The molecule has 2 N–H and O–H groups in total. The van der Waals surface area contributed by atoms with Crippen molar-refractivity contribution in [1.29, 1.82) is 5.26 Å². The topological polar surface area (TPSA) is 87.2 Å². The summed E-state index contributed by atoms with van der Waals surface area (Å²) in [4.78, 5) is -0.818. The molecule has 1 rings (SSSR count). The largest absolute Gasteiger partial charge is 0.399 e. The van der Waals surface area contributed by atoms with Gasteiger partial charge in [-0.05, 0) is 19.1 Å². The van der Waals surface area contributed by atoms with Crippen LogP contribution >= 0.6 is 0 Å². The number of rotatable bonds is 5. The van der Waals surface area contributed by atoms with Crippen LogP contribution in [0.15, 0.2) is 17.0 Å². The van der Waals surface area contributed by atoms with Crippen LogP contribution in [0.5, 0.6) is 0 Å². The van der Waals surface area contributed by atoms with Crippen LogP contribution in [0, 0.1) is 28.9 Å². The first-order valence-corrected chi connectivity index (χ1v) is 7.32. The maximum atomic E-state index is 13.7. The molecule has 1 atom stereocenters. The summed E-state index contributed by atoms with van der Waals surface area (Å²) >= 11 is 0.